The Morgan fingerprint density at radius 3 is 2.50 bits per heavy atom. The molecule has 0 radical (unpaired) electrons. The fraction of sp³-hybridized carbons (Fsp3) is 0.333. The van der Waals surface area contributed by atoms with E-state index in [9.17, 15) is 9.59 Å². The van der Waals surface area contributed by atoms with Gasteiger partial charge >= 0.3 is 0 Å². The van der Waals surface area contributed by atoms with Crippen LogP contribution >= 0.6 is 11.8 Å². The van der Waals surface area contributed by atoms with Crippen LogP contribution in [-0.2, 0) is 9.59 Å². The quantitative estimate of drug-likeness (QED) is 0.699. The number of hydrogen-bond donors (Lipinski definition) is 0. The van der Waals surface area contributed by atoms with Gasteiger partial charge in [0, 0.05) is 0 Å². The molecule has 1 aliphatic heterocycles. The van der Waals surface area contributed by atoms with Crippen LogP contribution in [0, 0.1) is 6.92 Å². The van der Waals surface area contributed by atoms with Gasteiger partial charge in [0.2, 0.25) is 11.8 Å². The largest absolute Gasteiger partial charge is 0.273 e. The number of aryl methyl sites for hydroxylation is 1. The average Bonchev–Trinajstić information content (AvgIpc) is 2.27. The first-order valence-corrected chi connectivity index (χ1v) is 6.19. The number of anilines is 1. The normalized spacial score (nSPS) is 21.4. The van der Waals surface area contributed by atoms with E-state index in [-0.39, 0.29) is 17.1 Å². The van der Waals surface area contributed by atoms with E-state index in [1.54, 1.807) is 0 Å². The van der Waals surface area contributed by atoms with E-state index in [0.717, 1.165) is 5.56 Å². The summed E-state index contributed by atoms with van der Waals surface area (Å²) in [5, 5.41) is -0.140. The van der Waals surface area contributed by atoms with Gasteiger partial charge in [0.1, 0.15) is 0 Å². The van der Waals surface area contributed by atoms with Crippen LogP contribution < -0.4 is 4.90 Å². The first kappa shape index (κ1) is 11.2. The molecule has 0 saturated carbocycles. The summed E-state index contributed by atoms with van der Waals surface area (Å²) in [7, 11) is 0. The highest BCUT2D eigenvalue weighted by molar-refractivity contribution is 8.01. The highest BCUT2D eigenvalue weighted by atomic mass is 32.2. The summed E-state index contributed by atoms with van der Waals surface area (Å²) in [6.07, 6.45) is 0. The second-order valence-electron chi connectivity index (χ2n) is 3.86. The third-order valence-electron chi connectivity index (χ3n) is 2.57. The molecule has 0 spiro atoms. The third kappa shape index (κ3) is 1.97. The summed E-state index contributed by atoms with van der Waals surface area (Å²) in [6.45, 7) is 3.81. The molecule has 1 aliphatic rings. The Morgan fingerprint density at radius 2 is 1.88 bits per heavy atom. The number of nitrogens with zero attached hydrogens (tertiary/aromatic N) is 1. The van der Waals surface area contributed by atoms with Gasteiger partial charge in [0.15, 0.2) is 0 Å². The van der Waals surface area contributed by atoms with Gasteiger partial charge in [-0.25, -0.2) is 4.90 Å². The molecular formula is C12H13NO2S. The minimum atomic E-state index is -0.140. The van der Waals surface area contributed by atoms with Crippen LogP contribution in [0.3, 0.4) is 0 Å². The lowest BCUT2D eigenvalue weighted by Gasteiger charge is -2.28. The maximum Gasteiger partial charge on any atom is 0.246 e. The highest BCUT2D eigenvalue weighted by Crippen LogP contribution is 2.25. The number of benzene rings is 1. The number of thioether (sulfide) groups is 1. The van der Waals surface area contributed by atoms with Crippen molar-refractivity contribution in [3.63, 3.8) is 0 Å². The summed E-state index contributed by atoms with van der Waals surface area (Å²) < 4.78 is 0. The van der Waals surface area contributed by atoms with E-state index in [4.69, 9.17) is 0 Å². The van der Waals surface area contributed by atoms with Gasteiger partial charge < -0.3 is 0 Å². The van der Waals surface area contributed by atoms with E-state index in [0.29, 0.717) is 11.4 Å². The second-order valence-corrected chi connectivity index (χ2v) is 5.19. The number of amides is 2. The van der Waals surface area contributed by atoms with Crippen molar-refractivity contribution in [1.29, 1.82) is 0 Å². The van der Waals surface area contributed by atoms with Crippen LogP contribution in [0.2, 0.25) is 0 Å². The fourth-order valence-electron chi connectivity index (χ4n) is 1.60. The van der Waals surface area contributed by atoms with Crippen LogP contribution in [0.25, 0.3) is 0 Å². The van der Waals surface area contributed by atoms with Crippen molar-refractivity contribution in [2.75, 3.05) is 10.7 Å². The Hall–Kier alpha value is -1.29. The predicted molar refractivity (Wildman–Crippen MR) is 65.6 cm³/mol. The number of carbonyl (C=O) groups is 2. The molecule has 84 valence electrons. The molecule has 4 heteroatoms. The third-order valence-corrected chi connectivity index (χ3v) is 3.68. The Balaban J connectivity index is 2.34. The van der Waals surface area contributed by atoms with Crippen molar-refractivity contribution in [2.24, 2.45) is 0 Å². The van der Waals surface area contributed by atoms with Gasteiger partial charge in [-0.3, -0.25) is 9.59 Å². The smallest absolute Gasteiger partial charge is 0.246 e. The molecule has 1 aromatic carbocycles. The Labute approximate surface area is 98.8 Å². The zero-order chi connectivity index (χ0) is 11.7. The van der Waals surface area contributed by atoms with Crippen molar-refractivity contribution in [2.45, 2.75) is 19.1 Å². The lowest BCUT2D eigenvalue weighted by molar-refractivity contribution is -0.125. The van der Waals surface area contributed by atoms with E-state index >= 15 is 0 Å². The monoisotopic (exact) mass is 235 g/mol. The van der Waals surface area contributed by atoms with Crippen molar-refractivity contribution in [3.05, 3.63) is 29.8 Å². The van der Waals surface area contributed by atoms with Gasteiger partial charge in [-0.2, -0.15) is 0 Å². The van der Waals surface area contributed by atoms with Gasteiger partial charge in [0.25, 0.3) is 0 Å². The Kier molecular flexibility index (Phi) is 3.01. The summed E-state index contributed by atoms with van der Waals surface area (Å²) in [6, 6.07) is 7.44. The van der Waals surface area contributed by atoms with E-state index in [2.05, 4.69) is 0 Å². The van der Waals surface area contributed by atoms with Crippen molar-refractivity contribution >= 4 is 29.3 Å². The van der Waals surface area contributed by atoms with Gasteiger partial charge in [-0.15, -0.1) is 11.8 Å². The van der Waals surface area contributed by atoms with Gasteiger partial charge in [-0.1, -0.05) is 17.7 Å². The molecule has 1 heterocycles. The molecule has 1 atom stereocenters. The summed E-state index contributed by atoms with van der Waals surface area (Å²) >= 11 is 1.40. The SMILES string of the molecule is Cc1ccc(N2C(=O)CSC(C)C2=O)cc1. The van der Waals surface area contributed by atoms with E-state index in [1.807, 2.05) is 38.1 Å². The van der Waals surface area contributed by atoms with E-state index < -0.39 is 0 Å². The first-order chi connectivity index (χ1) is 7.59. The Bertz CT molecular complexity index is 427. The van der Waals surface area contributed by atoms with E-state index in [1.165, 1.54) is 16.7 Å². The fourth-order valence-corrected chi connectivity index (χ4v) is 2.37. The zero-order valence-electron chi connectivity index (χ0n) is 9.27. The first-order valence-electron chi connectivity index (χ1n) is 5.14. The van der Waals surface area contributed by atoms with Crippen LogP contribution in [0.4, 0.5) is 5.69 Å². The second kappa shape index (κ2) is 4.29. The summed E-state index contributed by atoms with van der Waals surface area (Å²) in [5.74, 6) is 0.128. The molecule has 1 saturated heterocycles. The average molecular weight is 235 g/mol. The van der Waals surface area contributed by atoms with Crippen molar-refractivity contribution in [3.8, 4) is 0 Å². The lowest BCUT2D eigenvalue weighted by atomic mass is 10.2. The molecule has 1 fully saturated rings. The molecule has 0 bridgehead atoms. The molecule has 1 unspecified atom stereocenters. The minimum absolute atomic E-state index is 0.120. The molecule has 1 aromatic rings. The number of hydrogen-bond acceptors (Lipinski definition) is 3. The van der Waals surface area contributed by atoms with Crippen LogP contribution in [0.5, 0.6) is 0 Å². The number of carbonyl (C=O) groups excluding carboxylic acids is 2. The van der Waals surface area contributed by atoms with Crippen LogP contribution in [0.1, 0.15) is 12.5 Å². The molecule has 0 N–H and O–H groups in total. The molecule has 2 amide bonds. The maximum absolute atomic E-state index is 11.9. The van der Waals surface area contributed by atoms with Crippen molar-refractivity contribution < 1.29 is 9.59 Å². The van der Waals surface area contributed by atoms with Crippen LogP contribution in [0.15, 0.2) is 24.3 Å². The summed E-state index contributed by atoms with van der Waals surface area (Å²) in [5.41, 5.74) is 1.79. The Morgan fingerprint density at radius 1 is 1.25 bits per heavy atom. The van der Waals surface area contributed by atoms with Gasteiger partial charge in [-0.05, 0) is 26.0 Å². The predicted octanol–water partition coefficient (Wildman–Crippen LogP) is 1.99. The molecular weight excluding hydrogens is 222 g/mol. The standard InChI is InChI=1S/C12H13NO2S/c1-8-3-5-10(6-4-8)13-11(14)7-16-9(2)12(13)15/h3-6,9H,7H2,1-2H3. The molecule has 2 rings (SSSR count). The molecule has 0 aliphatic carbocycles. The van der Waals surface area contributed by atoms with Crippen molar-refractivity contribution in [1.82, 2.24) is 0 Å². The zero-order valence-corrected chi connectivity index (χ0v) is 10.1. The number of rotatable bonds is 1. The molecule has 0 aromatic heterocycles. The number of imide groups is 1. The molecule has 16 heavy (non-hydrogen) atoms. The lowest BCUT2D eigenvalue weighted by Crippen LogP contribution is -2.46. The maximum atomic E-state index is 11.9. The van der Waals surface area contributed by atoms with Crippen LogP contribution in [-0.4, -0.2) is 22.8 Å². The minimum Gasteiger partial charge on any atom is -0.273 e. The molecule has 3 nitrogen and oxygen atoms in total. The van der Waals surface area contributed by atoms with Gasteiger partial charge in [0.05, 0.1) is 16.7 Å². The summed E-state index contributed by atoms with van der Waals surface area (Å²) in [4.78, 5) is 24.9. The topological polar surface area (TPSA) is 37.4 Å². The highest BCUT2D eigenvalue weighted by Gasteiger charge is 2.32.